The molecule has 0 fully saturated rings. The van der Waals surface area contributed by atoms with Gasteiger partial charge in [0, 0.05) is 29.1 Å². The predicted molar refractivity (Wildman–Crippen MR) is 131 cm³/mol. The van der Waals surface area contributed by atoms with Crippen LogP contribution in [-0.2, 0) is 0 Å². The Labute approximate surface area is 208 Å². The fourth-order valence-corrected chi connectivity index (χ4v) is 3.37. The Balaban J connectivity index is 0.000000586. The second kappa shape index (κ2) is 11.3. The average molecular weight is 506 g/mol. The Bertz CT molecular complexity index is 1550. The number of para-hydroxylation sites is 1. The monoisotopic (exact) mass is 506 g/mol. The van der Waals surface area contributed by atoms with E-state index in [9.17, 15) is 22.1 Å². The molecular formula is C27H19BF4N2O3. The molecule has 0 bridgehead atoms. The molecule has 0 radical (unpaired) electrons. The van der Waals surface area contributed by atoms with Crippen LogP contribution in [0.2, 0.25) is 0 Å². The zero-order valence-electron chi connectivity index (χ0n) is 19.2. The zero-order valence-corrected chi connectivity index (χ0v) is 19.2. The highest BCUT2D eigenvalue weighted by Gasteiger charge is 2.20. The van der Waals surface area contributed by atoms with Crippen LogP contribution in [0, 0.1) is 0 Å². The third-order valence-electron chi connectivity index (χ3n) is 4.96. The van der Waals surface area contributed by atoms with Crippen LogP contribution in [0.5, 0.6) is 5.75 Å². The van der Waals surface area contributed by atoms with E-state index in [0.717, 1.165) is 33.3 Å². The summed E-state index contributed by atoms with van der Waals surface area (Å²) in [4.78, 5) is 20.0. The Morgan fingerprint density at radius 1 is 0.811 bits per heavy atom. The number of carbonyl (C=O) groups is 1. The third-order valence-corrected chi connectivity index (χ3v) is 4.96. The van der Waals surface area contributed by atoms with Gasteiger partial charge >= 0.3 is 13.2 Å². The van der Waals surface area contributed by atoms with Crippen molar-refractivity contribution >= 4 is 29.9 Å². The molecule has 10 heteroatoms. The Morgan fingerprint density at radius 2 is 1.43 bits per heavy atom. The number of rotatable bonds is 4. The summed E-state index contributed by atoms with van der Waals surface area (Å²) in [6, 6.07) is 30.2. The van der Waals surface area contributed by atoms with Gasteiger partial charge in [0.2, 0.25) is 0 Å². The number of benzene rings is 3. The van der Waals surface area contributed by atoms with Crippen LogP contribution in [0.25, 0.3) is 22.3 Å². The molecule has 0 aliphatic carbocycles. The van der Waals surface area contributed by atoms with Crippen molar-refractivity contribution in [2.45, 2.75) is 0 Å². The molecule has 0 unspecified atom stereocenters. The van der Waals surface area contributed by atoms with Crippen LogP contribution in [0.15, 0.2) is 119 Å². The highest BCUT2D eigenvalue weighted by atomic mass is 19.5. The lowest BCUT2D eigenvalue weighted by molar-refractivity contribution is -0.378. The van der Waals surface area contributed by atoms with Gasteiger partial charge in [-0.1, -0.05) is 42.5 Å². The summed E-state index contributed by atoms with van der Waals surface area (Å²) < 4.78 is 50.6. The van der Waals surface area contributed by atoms with E-state index >= 15 is 0 Å². The fourth-order valence-electron chi connectivity index (χ4n) is 3.37. The number of aromatic nitrogens is 1. The summed E-state index contributed by atoms with van der Waals surface area (Å²) in [5, 5.41) is 1.72. The lowest BCUT2D eigenvalue weighted by Crippen LogP contribution is -2.10. The van der Waals surface area contributed by atoms with Crippen molar-refractivity contribution in [3.63, 3.8) is 0 Å². The van der Waals surface area contributed by atoms with E-state index < -0.39 is 13.2 Å². The maximum absolute atomic E-state index is 12.2. The molecule has 186 valence electrons. The predicted octanol–water partition coefficient (Wildman–Crippen LogP) is 6.67. The summed E-state index contributed by atoms with van der Waals surface area (Å²) in [6.45, 7) is 0. The minimum Gasteiger partial charge on any atom is -0.456 e. The molecule has 37 heavy (non-hydrogen) atoms. The van der Waals surface area contributed by atoms with E-state index in [1.807, 2.05) is 72.8 Å². The van der Waals surface area contributed by atoms with Crippen molar-refractivity contribution in [1.29, 1.82) is 0 Å². The molecule has 0 aliphatic rings. The third kappa shape index (κ3) is 7.38. The van der Waals surface area contributed by atoms with Gasteiger partial charge in [0.25, 0.3) is 0 Å². The molecule has 0 amide bonds. The minimum atomic E-state index is -6.00. The van der Waals surface area contributed by atoms with Gasteiger partial charge in [-0.05, 0) is 36.4 Å². The number of hydrogen-bond acceptors (Lipinski definition) is 4. The number of pyridine rings is 1. The maximum atomic E-state index is 12.2. The van der Waals surface area contributed by atoms with E-state index in [4.69, 9.17) is 14.1 Å². The number of carbonyl (C=O) groups excluding carboxylic acids is 1. The summed E-state index contributed by atoms with van der Waals surface area (Å²) in [7, 11) is -6.00. The molecule has 2 heterocycles. The number of ether oxygens (including phenoxy) is 1. The molecule has 3 aromatic carbocycles. The van der Waals surface area contributed by atoms with E-state index in [-0.39, 0.29) is 0 Å². The van der Waals surface area contributed by atoms with Crippen LogP contribution in [0.4, 0.5) is 23.0 Å². The molecular weight excluding hydrogens is 487 g/mol. The van der Waals surface area contributed by atoms with Gasteiger partial charge in [-0.2, -0.15) is 0 Å². The fraction of sp³-hybridized carbons (Fsp3) is 0. The lowest BCUT2D eigenvalue weighted by atomic mass is 10.1. The molecule has 5 nitrogen and oxygen atoms in total. The van der Waals surface area contributed by atoms with Crippen LogP contribution in [0.3, 0.4) is 0 Å². The maximum Gasteiger partial charge on any atom is 0.673 e. The van der Waals surface area contributed by atoms with Gasteiger partial charge in [-0.3, -0.25) is 0 Å². The Hall–Kier alpha value is -4.73. The summed E-state index contributed by atoms with van der Waals surface area (Å²) >= 11 is 0. The zero-order chi connectivity index (χ0) is 26.3. The van der Waals surface area contributed by atoms with E-state index in [0.29, 0.717) is 11.3 Å². The number of nitrogens with one attached hydrogen (secondary N) is 1. The van der Waals surface area contributed by atoms with Gasteiger partial charge < -0.3 is 26.4 Å². The smallest absolute Gasteiger partial charge is 0.456 e. The van der Waals surface area contributed by atoms with Crippen molar-refractivity contribution in [2.24, 2.45) is 4.99 Å². The van der Waals surface area contributed by atoms with Gasteiger partial charge in [-0.15, -0.1) is 0 Å². The molecule has 5 aromatic rings. The highest BCUT2D eigenvalue weighted by molar-refractivity contribution is 6.50. The molecule has 0 spiro atoms. The topological polar surface area (TPSA) is 65.9 Å². The average Bonchev–Trinajstić information content (AvgIpc) is 2.90. The molecule has 5 rings (SSSR count). The number of H-pyrrole nitrogens is 1. The van der Waals surface area contributed by atoms with Gasteiger partial charge in [0.15, 0.2) is 12.4 Å². The molecule has 0 atom stereocenters. The first kappa shape index (κ1) is 25.4. The van der Waals surface area contributed by atoms with Crippen molar-refractivity contribution in [1.82, 2.24) is 0 Å². The number of halogens is 4. The number of aromatic amines is 1. The van der Waals surface area contributed by atoms with Gasteiger partial charge in [0.1, 0.15) is 17.1 Å². The SMILES string of the molecule is F[B-](F)(F)F.O=C(Oc1ccc(N=c2cc(-c3ccccc3)oc3ccccc23)cc1)c1cc[nH+]cc1. The minimum absolute atomic E-state index is 0.410. The Morgan fingerprint density at radius 3 is 2.11 bits per heavy atom. The standard InChI is InChI=1S/C27H18N2O3.BF4/c30-27(20-14-16-28-17-15-20)31-22-12-10-21(11-13-22)29-24-18-26(19-6-2-1-3-7-19)32-25-9-5-4-8-23(24)25;2-1(3,4)5/h1-18H;/q;-1/p+1. The normalized spacial score (nSPS) is 11.5. The summed E-state index contributed by atoms with van der Waals surface area (Å²) in [5.41, 5.74) is 2.97. The highest BCUT2D eigenvalue weighted by Crippen LogP contribution is 2.23. The summed E-state index contributed by atoms with van der Waals surface area (Å²) in [6.07, 6.45) is 3.36. The van der Waals surface area contributed by atoms with Crippen molar-refractivity contribution < 1.29 is 36.2 Å². The number of nitrogens with zero attached hydrogens (tertiary/aromatic N) is 1. The van der Waals surface area contributed by atoms with E-state index in [1.54, 1.807) is 36.7 Å². The molecule has 1 N–H and O–H groups in total. The van der Waals surface area contributed by atoms with E-state index in [2.05, 4.69) is 4.98 Å². The van der Waals surface area contributed by atoms with Gasteiger partial charge in [0.05, 0.1) is 16.6 Å². The van der Waals surface area contributed by atoms with Crippen molar-refractivity contribution in [3.05, 3.63) is 120 Å². The first-order valence-electron chi connectivity index (χ1n) is 11.0. The van der Waals surface area contributed by atoms with Crippen LogP contribution < -0.4 is 15.1 Å². The molecule has 0 aliphatic heterocycles. The first-order valence-corrected chi connectivity index (χ1v) is 11.0. The van der Waals surface area contributed by atoms with Crippen molar-refractivity contribution in [2.75, 3.05) is 0 Å². The second-order valence-corrected chi connectivity index (χ2v) is 7.64. The van der Waals surface area contributed by atoms with Crippen molar-refractivity contribution in [3.8, 4) is 17.1 Å². The quantitative estimate of drug-likeness (QED) is 0.118. The number of fused-ring (bicyclic) bond motifs is 1. The van der Waals surface area contributed by atoms with Gasteiger partial charge in [-0.25, -0.2) is 14.8 Å². The Kier molecular flexibility index (Phi) is 7.78. The number of esters is 1. The lowest BCUT2D eigenvalue weighted by Gasteiger charge is -2.06. The second-order valence-electron chi connectivity index (χ2n) is 7.64. The molecule has 2 aromatic heterocycles. The summed E-state index contributed by atoms with van der Waals surface area (Å²) in [5.74, 6) is 0.792. The largest absolute Gasteiger partial charge is 0.673 e. The van der Waals surface area contributed by atoms with Crippen LogP contribution in [-0.4, -0.2) is 13.2 Å². The molecule has 0 saturated carbocycles. The van der Waals surface area contributed by atoms with E-state index in [1.165, 1.54) is 0 Å². The first-order chi connectivity index (χ1) is 17.8. The number of hydrogen-bond donors (Lipinski definition) is 0. The molecule has 0 saturated heterocycles. The van der Waals surface area contributed by atoms with Crippen LogP contribution >= 0.6 is 0 Å². The van der Waals surface area contributed by atoms with Crippen LogP contribution in [0.1, 0.15) is 10.4 Å².